The summed E-state index contributed by atoms with van der Waals surface area (Å²) in [7, 11) is 0. The van der Waals surface area contributed by atoms with Crippen molar-refractivity contribution in [3.05, 3.63) is 57.6 Å². The minimum atomic E-state index is -1.01. The topological polar surface area (TPSA) is 49.8 Å². The Balaban J connectivity index is 1.84. The van der Waals surface area contributed by atoms with E-state index in [4.69, 9.17) is 4.74 Å². The molecule has 2 aliphatic rings. The van der Waals surface area contributed by atoms with Crippen molar-refractivity contribution in [2.24, 2.45) is 5.92 Å². The summed E-state index contributed by atoms with van der Waals surface area (Å²) >= 11 is 0. The molecule has 2 aromatic rings. The van der Waals surface area contributed by atoms with Crippen LogP contribution in [0.15, 0.2) is 24.3 Å². The highest BCUT2D eigenvalue weighted by atomic mass is 16.5. The number of carboxylic acids is 1. The highest BCUT2D eigenvalue weighted by Gasteiger charge is 2.36. The molecular weight excluding hydrogens is 446 g/mol. The summed E-state index contributed by atoms with van der Waals surface area (Å²) in [6, 6.07) is 9.08. The minimum Gasteiger partial charge on any atom is -0.479 e. The summed E-state index contributed by atoms with van der Waals surface area (Å²) in [6.45, 7) is 16.6. The predicted molar refractivity (Wildman–Crippen MR) is 147 cm³/mol. The van der Waals surface area contributed by atoms with E-state index in [1.165, 1.54) is 54.4 Å². The van der Waals surface area contributed by atoms with E-state index < -0.39 is 17.7 Å². The van der Waals surface area contributed by atoms with Gasteiger partial charge in [0.15, 0.2) is 6.10 Å². The van der Waals surface area contributed by atoms with Gasteiger partial charge in [-0.3, -0.25) is 4.90 Å². The highest BCUT2D eigenvalue weighted by molar-refractivity contribution is 5.84. The van der Waals surface area contributed by atoms with Gasteiger partial charge < -0.3 is 9.84 Å². The zero-order chi connectivity index (χ0) is 26.2. The molecule has 0 radical (unpaired) electrons. The zero-order valence-corrected chi connectivity index (χ0v) is 23.4. The third-order valence-corrected chi connectivity index (χ3v) is 8.53. The van der Waals surface area contributed by atoms with E-state index in [0.29, 0.717) is 6.04 Å². The lowest BCUT2D eigenvalue weighted by atomic mass is 9.78. The van der Waals surface area contributed by atoms with Crippen LogP contribution in [-0.4, -0.2) is 34.2 Å². The Morgan fingerprint density at radius 3 is 2.22 bits per heavy atom. The lowest BCUT2D eigenvalue weighted by Crippen LogP contribution is -2.43. The van der Waals surface area contributed by atoms with Crippen LogP contribution >= 0.6 is 0 Å². The molecule has 4 heteroatoms. The van der Waals surface area contributed by atoms with Gasteiger partial charge in [0, 0.05) is 24.7 Å². The van der Waals surface area contributed by atoms with Crippen molar-refractivity contribution in [3.63, 3.8) is 0 Å². The van der Waals surface area contributed by atoms with Gasteiger partial charge in [-0.15, -0.1) is 0 Å². The number of ether oxygens (including phenoxy) is 1. The van der Waals surface area contributed by atoms with Gasteiger partial charge in [-0.1, -0.05) is 49.1 Å². The molecule has 0 spiro atoms. The molecule has 36 heavy (non-hydrogen) atoms. The molecular formula is C32H45NO3. The fourth-order valence-electron chi connectivity index (χ4n) is 6.51. The van der Waals surface area contributed by atoms with Gasteiger partial charge in [0.2, 0.25) is 0 Å². The molecule has 1 N–H and O–H groups in total. The van der Waals surface area contributed by atoms with E-state index >= 15 is 0 Å². The van der Waals surface area contributed by atoms with Crippen molar-refractivity contribution >= 4 is 5.97 Å². The highest BCUT2D eigenvalue weighted by Crippen LogP contribution is 2.43. The standard InChI is InChI=1S/C32H45NO3/c1-20-13-15-25(16-14-20)28-22(3)27-19-33(23(4)24-11-9-8-10-12-24)18-17-26(27)21(2)29(28)30(31(34)35)36-32(5,6)7/h13-16,23-24,30H,8-12,17-19H2,1-7H3,(H,34,35)/t23?,30-/m0/s1. The maximum absolute atomic E-state index is 12.6. The van der Waals surface area contributed by atoms with Crippen molar-refractivity contribution in [1.29, 1.82) is 0 Å². The second-order valence-electron chi connectivity index (χ2n) is 12.2. The molecule has 0 saturated heterocycles. The van der Waals surface area contributed by atoms with Crippen LogP contribution in [0.1, 0.15) is 99.3 Å². The van der Waals surface area contributed by atoms with Crippen LogP contribution in [0.4, 0.5) is 0 Å². The molecule has 0 aromatic heterocycles. The second-order valence-corrected chi connectivity index (χ2v) is 12.2. The quantitative estimate of drug-likeness (QED) is 0.453. The van der Waals surface area contributed by atoms with E-state index in [0.717, 1.165) is 47.7 Å². The van der Waals surface area contributed by atoms with Gasteiger partial charge in [0.1, 0.15) is 0 Å². The van der Waals surface area contributed by atoms with Gasteiger partial charge >= 0.3 is 5.97 Å². The molecule has 1 aliphatic carbocycles. The molecule has 1 heterocycles. The Morgan fingerprint density at radius 1 is 1.00 bits per heavy atom. The van der Waals surface area contributed by atoms with Crippen molar-refractivity contribution in [3.8, 4) is 11.1 Å². The lowest BCUT2D eigenvalue weighted by molar-refractivity contribution is -0.160. The van der Waals surface area contributed by atoms with Gasteiger partial charge in [0.05, 0.1) is 5.60 Å². The number of nitrogens with zero attached hydrogens (tertiary/aromatic N) is 1. The SMILES string of the molecule is Cc1ccc(-c2c(C)c3c(c(C)c2[C@H](OC(C)(C)C)C(=O)O)CCN(C(C)C2CCCCC2)C3)cc1. The maximum atomic E-state index is 12.6. The average Bonchev–Trinajstić information content (AvgIpc) is 2.84. The van der Waals surface area contributed by atoms with Crippen LogP contribution < -0.4 is 0 Å². The second kappa shape index (κ2) is 10.7. The average molecular weight is 492 g/mol. The van der Waals surface area contributed by atoms with Crippen molar-refractivity contribution in [2.45, 2.75) is 111 Å². The first-order valence-electron chi connectivity index (χ1n) is 13.8. The van der Waals surface area contributed by atoms with E-state index in [1.807, 2.05) is 20.8 Å². The van der Waals surface area contributed by atoms with E-state index in [-0.39, 0.29) is 0 Å². The molecule has 1 fully saturated rings. The van der Waals surface area contributed by atoms with Gasteiger partial charge in [-0.25, -0.2) is 4.79 Å². The van der Waals surface area contributed by atoms with Crippen LogP contribution in [0.25, 0.3) is 11.1 Å². The van der Waals surface area contributed by atoms with Gasteiger partial charge in [-0.2, -0.15) is 0 Å². The molecule has 2 atom stereocenters. The third kappa shape index (κ3) is 5.55. The van der Waals surface area contributed by atoms with Crippen LogP contribution in [0, 0.1) is 26.7 Å². The first-order valence-corrected chi connectivity index (χ1v) is 13.8. The number of hydrogen-bond donors (Lipinski definition) is 1. The number of benzene rings is 2. The Bertz CT molecular complexity index is 1090. The Hall–Kier alpha value is -2.17. The number of carbonyl (C=O) groups is 1. The number of aliphatic carboxylic acids is 1. The molecule has 2 aromatic carbocycles. The van der Waals surface area contributed by atoms with E-state index in [9.17, 15) is 9.90 Å². The Labute approximate surface area is 218 Å². The smallest absolute Gasteiger partial charge is 0.337 e. The largest absolute Gasteiger partial charge is 0.479 e. The van der Waals surface area contributed by atoms with Gasteiger partial charge in [0.25, 0.3) is 0 Å². The fourth-order valence-corrected chi connectivity index (χ4v) is 6.51. The van der Waals surface area contributed by atoms with Crippen LogP contribution in [0.3, 0.4) is 0 Å². The normalized spacial score (nSPS) is 19.1. The van der Waals surface area contributed by atoms with Crippen molar-refractivity contribution in [1.82, 2.24) is 4.90 Å². The van der Waals surface area contributed by atoms with Crippen LogP contribution in [-0.2, 0) is 22.5 Å². The first-order chi connectivity index (χ1) is 17.0. The summed E-state index contributed by atoms with van der Waals surface area (Å²) in [6.07, 6.45) is 6.76. The number of hydrogen-bond acceptors (Lipinski definition) is 3. The zero-order valence-electron chi connectivity index (χ0n) is 23.4. The van der Waals surface area contributed by atoms with Crippen LogP contribution in [0.2, 0.25) is 0 Å². The van der Waals surface area contributed by atoms with Crippen molar-refractivity contribution in [2.75, 3.05) is 6.54 Å². The summed E-state index contributed by atoms with van der Waals surface area (Å²) in [5, 5.41) is 10.4. The monoisotopic (exact) mass is 491 g/mol. The third-order valence-electron chi connectivity index (χ3n) is 8.53. The summed E-state index contributed by atoms with van der Waals surface area (Å²) in [4.78, 5) is 15.3. The predicted octanol–water partition coefficient (Wildman–Crippen LogP) is 7.55. The molecule has 0 bridgehead atoms. The molecule has 1 unspecified atom stereocenters. The van der Waals surface area contributed by atoms with Gasteiger partial charge in [-0.05, 0) is 107 Å². The number of carboxylic acid groups (broad SMARTS) is 1. The molecule has 0 amide bonds. The number of aryl methyl sites for hydroxylation is 1. The molecule has 1 aliphatic heterocycles. The fraction of sp³-hybridized carbons (Fsp3) is 0.594. The first kappa shape index (κ1) is 26.9. The summed E-state index contributed by atoms with van der Waals surface area (Å²) in [5.41, 5.74) is 8.57. The number of rotatable bonds is 6. The van der Waals surface area contributed by atoms with Crippen molar-refractivity contribution < 1.29 is 14.6 Å². The van der Waals surface area contributed by atoms with E-state index in [2.05, 4.69) is 56.9 Å². The Morgan fingerprint density at radius 2 is 1.64 bits per heavy atom. The van der Waals surface area contributed by atoms with Crippen LogP contribution in [0.5, 0.6) is 0 Å². The number of fused-ring (bicyclic) bond motifs is 1. The maximum Gasteiger partial charge on any atom is 0.337 e. The van der Waals surface area contributed by atoms with E-state index in [1.54, 1.807) is 0 Å². The molecule has 4 nitrogen and oxygen atoms in total. The minimum absolute atomic E-state index is 0.573. The summed E-state index contributed by atoms with van der Waals surface area (Å²) in [5.74, 6) is -0.141. The molecule has 4 rings (SSSR count). The Kier molecular flexibility index (Phi) is 7.97. The lowest BCUT2D eigenvalue weighted by Gasteiger charge is -2.41. The summed E-state index contributed by atoms with van der Waals surface area (Å²) < 4.78 is 6.23. The molecule has 1 saturated carbocycles. The molecule has 196 valence electrons.